The summed E-state index contributed by atoms with van der Waals surface area (Å²) in [6.07, 6.45) is 0. The fourth-order valence-electron chi connectivity index (χ4n) is 3.27. The van der Waals surface area contributed by atoms with Gasteiger partial charge >= 0.3 is 5.97 Å². The summed E-state index contributed by atoms with van der Waals surface area (Å²) in [5.41, 5.74) is 2.32. The molecular weight excluding hydrogens is 420 g/mol. The molecule has 8 nitrogen and oxygen atoms in total. The molecule has 9 heteroatoms. The zero-order valence-corrected chi connectivity index (χ0v) is 19.3. The first kappa shape index (κ1) is 24.4. The smallest absolute Gasteiger partial charge is 0.333 e. The van der Waals surface area contributed by atoms with Crippen LogP contribution in [0.4, 0.5) is 0 Å². The van der Waals surface area contributed by atoms with Gasteiger partial charge in [-0.3, -0.25) is 4.79 Å². The number of hydrogen-bond acceptors (Lipinski definition) is 6. The summed E-state index contributed by atoms with van der Waals surface area (Å²) in [6, 6.07) is 8.18. The van der Waals surface area contributed by atoms with Crippen LogP contribution in [0.5, 0.6) is 5.75 Å². The Morgan fingerprint density at radius 2 is 1.61 bits per heavy atom. The number of aryl methyl sites for hydroxylation is 2. The van der Waals surface area contributed by atoms with E-state index >= 15 is 0 Å². The predicted molar refractivity (Wildman–Crippen MR) is 117 cm³/mol. The Bertz CT molecular complexity index is 1060. The average Bonchev–Trinajstić information content (AvgIpc) is 2.70. The van der Waals surface area contributed by atoms with Gasteiger partial charge in [-0.15, -0.1) is 0 Å². The van der Waals surface area contributed by atoms with Crippen molar-refractivity contribution >= 4 is 21.9 Å². The maximum absolute atomic E-state index is 13.0. The largest absolute Gasteiger partial charge is 0.495 e. The maximum atomic E-state index is 13.0. The van der Waals surface area contributed by atoms with E-state index in [0.29, 0.717) is 5.56 Å². The maximum Gasteiger partial charge on any atom is 0.333 e. The Balaban J connectivity index is 2.48. The molecule has 0 radical (unpaired) electrons. The molecule has 0 aliphatic carbocycles. The van der Waals surface area contributed by atoms with Gasteiger partial charge in [0.05, 0.1) is 14.2 Å². The lowest BCUT2D eigenvalue weighted by Gasteiger charge is -2.21. The molecule has 0 fully saturated rings. The molecule has 0 aliphatic heterocycles. The molecule has 1 amide bonds. The van der Waals surface area contributed by atoms with E-state index in [2.05, 4.69) is 10.0 Å². The lowest BCUT2D eigenvalue weighted by Crippen LogP contribution is -2.36. The second-order valence-corrected chi connectivity index (χ2v) is 9.06. The highest BCUT2D eigenvalue weighted by atomic mass is 32.2. The number of benzene rings is 2. The number of ether oxygens (including phenoxy) is 2. The Morgan fingerprint density at radius 1 is 1.00 bits per heavy atom. The van der Waals surface area contributed by atoms with Crippen molar-refractivity contribution < 1.29 is 27.5 Å². The molecule has 0 saturated heterocycles. The van der Waals surface area contributed by atoms with E-state index in [9.17, 15) is 18.0 Å². The monoisotopic (exact) mass is 448 g/mol. The molecule has 0 aromatic heterocycles. The zero-order valence-electron chi connectivity index (χ0n) is 18.5. The van der Waals surface area contributed by atoms with Crippen molar-refractivity contribution in [1.82, 2.24) is 10.0 Å². The molecule has 168 valence electrons. The molecule has 0 aliphatic rings. The van der Waals surface area contributed by atoms with Gasteiger partial charge in [0.1, 0.15) is 10.6 Å². The number of methoxy groups -OCH3 is 2. The fraction of sp³-hybridized carbons (Fsp3) is 0.364. The van der Waals surface area contributed by atoms with Crippen molar-refractivity contribution in [2.24, 2.45) is 0 Å². The van der Waals surface area contributed by atoms with Crippen LogP contribution in [0.3, 0.4) is 0 Å². The van der Waals surface area contributed by atoms with Crippen LogP contribution in [0, 0.1) is 13.8 Å². The number of hydrogen-bond donors (Lipinski definition) is 2. The van der Waals surface area contributed by atoms with E-state index in [0.717, 1.165) is 11.1 Å². The van der Waals surface area contributed by atoms with E-state index in [-0.39, 0.29) is 22.3 Å². The van der Waals surface area contributed by atoms with E-state index in [1.54, 1.807) is 13.8 Å². The van der Waals surface area contributed by atoms with Crippen LogP contribution in [-0.2, 0) is 19.6 Å². The Morgan fingerprint density at radius 3 is 2.13 bits per heavy atom. The van der Waals surface area contributed by atoms with Crippen LogP contribution in [0.15, 0.2) is 41.3 Å². The molecule has 2 aromatic rings. The zero-order chi connectivity index (χ0) is 23.3. The summed E-state index contributed by atoms with van der Waals surface area (Å²) < 4.78 is 37.9. The predicted octanol–water partition coefficient (Wildman–Crippen LogP) is 2.64. The number of carbonyl (C=O) groups is 2. The SMILES string of the molecule is COC(=O)C(NC(=O)c1ccc(OC)c(S(=O)(=O)NC(C)C)c1)c1c(C)cccc1C. The Kier molecular flexibility index (Phi) is 7.80. The molecular formula is C22H28N2O6S. The molecule has 0 spiro atoms. The van der Waals surface area contributed by atoms with Gasteiger partial charge in [0.25, 0.3) is 5.91 Å². The lowest BCUT2D eigenvalue weighted by atomic mass is 9.95. The van der Waals surface area contributed by atoms with Gasteiger partial charge in [-0.2, -0.15) is 0 Å². The van der Waals surface area contributed by atoms with Crippen molar-refractivity contribution in [3.63, 3.8) is 0 Å². The summed E-state index contributed by atoms with van der Waals surface area (Å²) in [6.45, 7) is 7.04. The molecule has 0 bridgehead atoms. The number of esters is 1. The number of carbonyl (C=O) groups excluding carboxylic acids is 2. The molecule has 0 saturated carbocycles. The van der Waals surface area contributed by atoms with E-state index in [4.69, 9.17) is 9.47 Å². The highest BCUT2D eigenvalue weighted by Crippen LogP contribution is 2.27. The van der Waals surface area contributed by atoms with E-state index < -0.39 is 27.9 Å². The van der Waals surface area contributed by atoms with Gasteiger partial charge in [-0.1, -0.05) is 18.2 Å². The molecule has 1 unspecified atom stereocenters. The van der Waals surface area contributed by atoms with Gasteiger partial charge in [0.2, 0.25) is 10.0 Å². The summed E-state index contributed by atoms with van der Waals surface area (Å²) in [4.78, 5) is 25.3. The number of rotatable bonds is 8. The van der Waals surface area contributed by atoms with Crippen molar-refractivity contribution in [1.29, 1.82) is 0 Å². The van der Waals surface area contributed by atoms with Crippen LogP contribution >= 0.6 is 0 Å². The average molecular weight is 449 g/mol. The summed E-state index contributed by atoms with van der Waals surface area (Å²) in [5.74, 6) is -1.15. The summed E-state index contributed by atoms with van der Waals surface area (Å²) in [7, 11) is -1.33. The normalized spacial score (nSPS) is 12.4. The van der Waals surface area contributed by atoms with Crippen molar-refractivity contribution in [2.45, 2.75) is 44.7 Å². The van der Waals surface area contributed by atoms with Gasteiger partial charge in [-0.05, 0) is 62.6 Å². The van der Waals surface area contributed by atoms with E-state index in [1.807, 2.05) is 32.0 Å². The lowest BCUT2D eigenvalue weighted by molar-refractivity contribution is -0.143. The van der Waals surface area contributed by atoms with E-state index in [1.165, 1.54) is 32.4 Å². The van der Waals surface area contributed by atoms with Crippen LogP contribution in [0.25, 0.3) is 0 Å². The molecule has 31 heavy (non-hydrogen) atoms. The van der Waals surface area contributed by atoms with Crippen LogP contribution in [-0.4, -0.2) is 40.6 Å². The number of nitrogens with one attached hydrogen (secondary N) is 2. The number of amides is 1. The summed E-state index contributed by atoms with van der Waals surface area (Å²) in [5, 5.41) is 2.67. The highest BCUT2D eigenvalue weighted by molar-refractivity contribution is 7.89. The van der Waals surface area contributed by atoms with Crippen LogP contribution in [0.2, 0.25) is 0 Å². The van der Waals surface area contributed by atoms with Crippen molar-refractivity contribution in [3.8, 4) is 5.75 Å². The summed E-state index contributed by atoms with van der Waals surface area (Å²) >= 11 is 0. The fourth-order valence-corrected chi connectivity index (χ4v) is 4.71. The molecule has 2 aromatic carbocycles. The van der Waals surface area contributed by atoms with Crippen LogP contribution in [0.1, 0.15) is 46.9 Å². The molecule has 2 rings (SSSR count). The highest BCUT2D eigenvalue weighted by Gasteiger charge is 2.28. The minimum atomic E-state index is -3.92. The van der Waals surface area contributed by atoms with Gasteiger partial charge in [0, 0.05) is 11.6 Å². The van der Waals surface area contributed by atoms with Gasteiger partial charge in [0.15, 0.2) is 6.04 Å². The first-order valence-corrected chi connectivity index (χ1v) is 11.1. The van der Waals surface area contributed by atoms with Crippen molar-refractivity contribution in [2.75, 3.05) is 14.2 Å². The molecule has 1 atom stereocenters. The van der Waals surface area contributed by atoms with Gasteiger partial charge in [-0.25, -0.2) is 17.9 Å². The van der Waals surface area contributed by atoms with Crippen molar-refractivity contribution in [3.05, 3.63) is 58.7 Å². The first-order chi connectivity index (χ1) is 14.5. The third-order valence-corrected chi connectivity index (χ3v) is 6.33. The number of sulfonamides is 1. The molecule has 0 heterocycles. The topological polar surface area (TPSA) is 111 Å². The Labute approximate surface area is 183 Å². The minimum absolute atomic E-state index is 0.0603. The minimum Gasteiger partial charge on any atom is -0.495 e. The standard InChI is InChI=1S/C22H28N2O6S/c1-13(2)24-31(27,28)18-12-16(10-11-17(18)29-5)21(25)23-20(22(26)30-6)19-14(3)8-7-9-15(19)4/h7-13,20,24H,1-6H3,(H,23,25). The molecule has 2 N–H and O–H groups in total. The quantitative estimate of drug-likeness (QED) is 0.601. The third-order valence-electron chi connectivity index (χ3n) is 4.65. The van der Waals surface area contributed by atoms with Crippen LogP contribution < -0.4 is 14.8 Å². The second-order valence-electron chi connectivity index (χ2n) is 7.38. The van der Waals surface area contributed by atoms with Gasteiger partial charge < -0.3 is 14.8 Å². The second kappa shape index (κ2) is 9.93. The first-order valence-electron chi connectivity index (χ1n) is 9.67. The third kappa shape index (κ3) is 5.62. The Hall–Kier alpha value is -2.91.